The van der Waals surface area contributed by atoms with E-state index in [0.29, 0.717) is 18.6 Å². The molecule has 10 heavy (non-hydrogen) atoms. The zero-order valence-electron chi connectivity index (χ0n) is 6.76. The van der Waals surface area contributed by atoms with Crippen molar-refractivity contribution in [2.75, 3.05) is 0 Å². The molecule has 0 fully saturated rings. The fourth-order valence-electron chi connectivity index (χ4n) is 0.546. The molecule has 0 amide bonds. The summed E-state index contributed by atoms with van der Waals surface area (Å²) in [6.45, 7) is 3.88. The van der Waals surface area contributed by atoms with Gasteiger partial charge < -0.3 is 5.11 Å². The van der Waals surface area contributed by atoms with Gasteiger partial charge in [0.2, 0.25) is 0 Å². The van der Waals surface area contributed by atoms with Gasteiger partial charge in [0.1, 0.15) is 0 Å². The van der Waals surface area contributed by atoms with Crippen LogP contribution in [0.1, 0.15) is 20.3 Å². The Kier molecular flexibility index (Phi) is 9.40. The smallest absolute Gasteiger partial charge is 0.878 e. The molecular formula is C7H11NaO2. The molecule has 0 aromatic rings. The quantitative estimate of drug-likeness (QED) is 0.253. The summed E-state index contributed by atoms with van der Waals surface area (Å²) in [5, 5.41) is 9.72. The first-order valence-electron chi connectivity index (χ1n) is 2.98. The second-order valence-corrected chi connectivity index (χ2v) is 2.37. The molecule has 0 spiro atoms. The first-order valence-corrected chi connectivity index (χ1v) is 2.98. The minimum absolute atomic E-state index is 0. The average Bonchev–Trinajstić information content (AvgIpc) is 1.63. The molecule has 0 aliphatic heterocycles. The Bertz CT molecular complexity index is 119. The van der Waals surface area contributed by atoms with Crippen LogP contribution < -0.4 is 34.7 Å². The van der Waals surface area contributed by atoms with Crippen molar-refractivity contribution in [3.63, 3.8) is 0 Å². The first kappa shape index (κ1) is 12.8. The van der Waals surface area contributed by atoms with Gasteiger partial charge in [-0.25, -0.2) is 0 Å². The maximum absolute atomic E-state index is 10.6. The van der Waals surface area contributed by atoms with Gasteiger partial charge in [0.25, 0.3) is 0 Å². The monoisotopic (exact) mass is 150 g/mol. The number of hydrogen-bond donors (Lipinski definition) is 0. The molecule has 52 valence electrons. The van der Waals surface area contributed by atoms with Gasteiger partial charge in [0, 0.05) is 6.42 Å². The Labute approximate surface area is 83.6 Å². The molecule has 0 saturated heterocycles. The standard InChI is InChI=1S/C7H12O2.Na/c1-6(2)5-7(9)3-4-8;/h3-4,6,8H,5H2,1-2H3;/q;+1/p-1/b4-3+;. The Hall–Kier alpha value is 0.210. The van der Waals surface area contributed by atoms with E-state index in [1.165, 1.54) is 0 Å². The summed E-state index contributed by atoms with van der Waals surface area (Å²) in [6, 6.07) is 0. The minimum Gasteiger partial charge on any atom is -0.878 e. The zero-order chi connectivity index (χ0) is 7.28. The Morgan fingerprint density at radius 1 is 1.60 bits per heavy atom. The van der Waals surface area contributed by atoms with E-state index in [0.717, 1.165) is 6.08 Å². The predicted molar refractivity (Wildman–Crippen MR) is 33.6 cm³/mol. The summed E-state index contributed by atoms with van der Waals surface area (Å²) in [7, 11) is 0. The third kappa shape index (κ3) is 8.21. The van der Waals surface area contributed by atoms with Gasteiger partial charge in [-0.2, -0.15) is 0 Å². The molecule has 0 unspecified atom stereocenters. The minimum atomic E-state index is -0.0833. The topological polar surface area (TPSA) is 40.1 Å². The molecule has 3 heteroatoms. The number of allylic oxidation sites excluding steroid dienone is 1. The SMILES string of the molecule is CC(C)CC(=O)/C=C/[O-].[Na+]. The van der Waals surface area contributed by atoms with Gasteiger partial charge in [-0.15, -0.1) is 6.26 Å². The van der Waals surface area contributed by atoms with Crippen LogP contribution in [-0.2, 0) is 4.79 Å². The second kappa shape index (κ2) is 7.32. The molecule has 0 N–H and O–H groups in total. The van der Waals surface area contributed by atoms with Crippen molar-refractivity contribution < 1.29 is 39.5 Å². The van der Waals surface area contributed by atoms with Crippen LogP contribution in [0.25, 0.3) is 0 Å². The predicted octanol–water partition coefficient (Wildman–Crippen LogP) is -2.52. The van der Waals surface area contributed by atoms with Crippen LogP contribution in [0.15, 0.2) is 12.3 Å². The fraction of sp³-hybridized carbons (Fsp3) is 0.571. The van der Waals surface area contributed by atoms with E-state index >= 15 is 0 Å². The van der Waals surface area contributed by atoms with Crippen LogP contribution >= 0.6 is 0 Å². The zero-order valence-corrected chi connectivity index (χ0v) is 8.76. The number of carbonyl (C=O) groups is 1. The van der Waals surface area contributed by atoms with E-state index in [-0.39, 0.29) is 35.3 Å². The van der Waals surface area contributed by atoms with E-state index in [9.17, 15) is 9.90 Å². The summed E-state index contributed by atoms with van der Waals surface area (Å²) in [4.78, 5) is 10.6. The molecular weight excluding hydrogens is 139 g/mol. The molecule has 0 rings (SSSR count). The molecule has 0 radical (unpaired) electrons. The molecule has 0 aliphatic carbocycles. The maximum atomic E-state index is 10.6. The van der Waals surface area contributed by atoms with Crippen LogP contribution in [0.3, 0.4) is 0 Å². The molecule has 0 aliphatic rings. The van der Waals surface area contributed by atoms with Crippen LogP contribution in [0.5, 0.6) is 0 Å². The van der Waals surface area contributed by atoms with Gasteiger partial charge >= 0.3 is 29.6 Å². The maximum Gasteiger partial charge on any atom is 1.00 e. The third-order valence-electron chi connectivity index (χ3n) is 0.863. The van der Waals surface area contributed by atoms with E-state index in [4.69, 9.17) is 0 Å². The third-order valence-corrected chi connectivity index (χ3v) is 0.863. The van der Waals surface area contributed by atoms with Crippen molar-refractivity contribution in [3.05, 3.63) is 12.3 Å². The van der Waals surface area contributed by atoms with Gasteiger partial charge in [0.15, 0.2) is 5.78 Å². The van der Waals surface area contributed by atoms with Crippen LogP contribution in [0.4, 0.5) is 0 Å². The van der Waals surface area contributed by atoms with Crippen molar-refractivity contribution in [1.29, 1.82) is 0 Å². The van der Waals surface area contributed by atoms with Gasteiger partial charge in [0.05, 0.1) is 0 Å². The summed E-state index contributed by atoms with van der Waals surface area (Å²) >= 11 is 0. The molecule has 0 saturated carbocycles. The van der Waals surface area contributed by atoms with Gasteiger partial charge in [-0.05, 0) is 12.0 Å². The van der Waals surface area contributed by atoms with Crippen molar-refractivity contribution in [1.82, 2.24) is 0 Å². The van der Waals surface area contributed by atoms with Crippen molar-refractivity contribution in [2.24, 2.45) is 5.92 Å². The number of carbonyl (C=O) groups excluding carboxylic acids is 1. The van der Waals surface area contributed by atoms with Crippen molar-refractivity contribution >= 4 is 5.78 Å². The van der Waals surface area contributed by atoms with Crippen LogP contribution in [0.2, 0.25) is 0 Å². The summed E-state index contributed by atoms with van der Waals surface area (Å²) < 4.78 is 0. The average molecular weight is 150 g/mol. The Morgan fingerprint density at radius 2 is 2.10 bits per heavy atom. The summed E-state index contributed by atoms with van der Waals surface area (Å²) in [6.07, 6.45) is 2.07. The normalized spacial score (nSPS) is 9.90. The molecule has 0 heterocycles. The molecule has 0 aromatic heterocycles. The summed E-state index contributed by atoms with van der Waals surface area (Å²) in [5.41, 5.74) is 0. The fourth-order valence-corrected chi connectivity index (χ4v) is 0.546. The largest absolute Gasteiger partial charge is 1.00 e. The number of ketones is 1. The van der Waals surface area contributed by atoms with Crippen LogP contribution in [0, 0.1) is 5.92 Å². The van der Waals surface area contributed by atoms with E-state index < -0.39 is 0 Å². The molecule has 0 atom stereocenters. The van der Waals surface area contributed by atoms with Gasteiger partial charge in [-0.1, -0.05) is 13.8 Å². The van der Waals surface area contributed by atoms with E-state index in [2.05, 4.69) is 0 Å². The number of hydrogen-bond acceptors (Lipinski definition) is 2. The molecule has 0 bridgehead atoms. The van der Waals surface area contributed by atoms with Gasteiger partial charge in [-0.3, -0.25) is 4.79 Å². The Morgan fingerprint density at radius 3 is 2.40 bits per heavy atom. The van der Waals surface area contributed by atoms with E-state index in [1.54, 1.807) is 0 Å². The number of rotatable bonds is 3. The molecule has 2 nitrogen and oxygen atoms in total. The van der Waals surface area contributed by atoms with Crippen molar-refractivity contribution in [3.8, 4) is 0 Å². The molecule has 0 aromatic carbocycles. The van der Waals surface area contributed by atoms with Crippen molar-refractivity contribution in [2.45, 2.75) is 20.3 Å². The van der Waals surface area contributed by atoms with E-state index in [1.807, 2.05) is 13.8 Å². The second-order valence-electron chi connectivity index (χ2n) is 2.37. The Balaban J connectivity index is 0. The van der Waals surface area contributed by atoms with Crippen LogP contribution in [-0.4, -0.2) is 5.78 Å². The summed E-state index contributed by atoms with van der Waals surface area (Å²) in [5.74, 6) is 0.258. The first-order chi connectivity index (χ1) is 4.16.